The third-order valence-corrected chi connectivity index (χ3v) is 3.27. The fraction of sp³-hybridized carbons (Fsp3) is 0.800. The Kier molecular flexibility index (Phi) is 7.75. The van der Waals surface area contributed by atoms with Crippen molar-refractivity contribution in [3.8, 4) is 0 Å². The average Bonchev–Trinajstić information content (AvgIpc) is 2.49. The molecule has 5 N–H and O–H groups in total. The molecule has 0 saturated carbocycles. The molecule has 0 aromatic heterocycles. The van der Waals surface area contributed by atoms with Gasteiger partial charge in [-0.25, -0.2) is 4.79 Å². The summed E-state index contributed by atoms with van der Waals surface area (Å²) in [4.78, 5) is 34.1. The second-order valence-corrected chi connectivity index (χ2v) is 6.81. The molecule has 0 bridgehead atoms. The van der Waals surface area contributed by atoms with Crippen molar-refractivity contribution in [1.29, 1.82) is 0 Å². The summed E-state index contributed by atoms with van der Waals surface area (Å²) in [7, 11) is 0. The number of alkyl carbamates (subject to hydrolysis) is 1. The highest BCUT2D eigenvalue weighted by molar-refractivity contribution is 5.78. The van der Waals surface area contributed by atoms with Gasteiger partial charge in [0.1, 0.15) is 43.1 Å². The van der Waals surface area contributed by atoms with Crippen LogP contribution in [-0.2, 0) is 23.8 Å². The van der Waals surface area contributed by atoms with Gasteiger partial charge in [-0.15, -0.1) is 0 Å². The van der Waals surface area contributed by atoms with Crippen molar-refractivity contribution >= 4 is 18.0 Å². The lowest BCUT2D eigenvalue weighted by molar-refractivity contribution is -0.255. The normalized spacial score (nSPS) is 28.8. The maximum absolute atomic E-state index is 11.6. The summed E-state index contributed by atoms with van der Waals surface area (Å²) in [5, 5.41) is 34.2. The molecular weight excluding hydrogens is 352 g/mol. The van der Waals surface area contributed by atoms with Crippen LogP contribution in [0, 0.1) is 0 Å². The Morgan fingerprint density at radius 2 is 1.73 bits per heavy atom. The molecule has 0 spiro atoms. The van der Waals surface area contributed by atoms with Crippen LogP contribution < -0.4 is 10.6 Å². The van der Waals surface area contributed by atoms with Crippen molar-refractivity contribution in [2.75, 3.05) is 13.2 Å². The Balaban J connectivity index is 2.44. The number of rotatable bonds is 5. The molecule has 1 aliphatic rings. The molecule has 0 aromatic carbocycles. The summed E-state index contributed by atoms with van der Waals surface area (Å²) in [6.07, 6.45) is -6.64. The summed E-state index contributed by atoms with van der Waals surface area (Å²) >= 11 is 0. The van der Waals surface area contributed by atoms with Crippen LogP contribution in [0.2, 0.25) is 0 Å². The lowest BCUT2D eigenvalue weighted by Gasteiger charge is -2.40. The molecule has 0 aliphatic carbocycles. The van der Waals surface area contributed by atoms with E-state index in [0.29, 0.717) is 0 Å². The summed E-state index contributed by atoms with van der Waals surface area (Å²) in [5.41, 5.74) is -0.717. The first-order valence-electron chi connectivity index (χ1n) is 8.00. The Labute approximate surface area is 150 Å². The standard InChI is InChI=1S/C15H26N2O9/c1-7(18)17-10-12(21)11(20)8(25-13(10)22)6-24-9(19)5-16-14(23)26-15(2,3)4/h8,10-13,20-22H,5-6H2,1-4H3,(H,16,23)(H,17,18)/t8-,10+,11-,12-,13+/m1/s1. The zero-order valence-corrected chi connectivity index (χ0v) is 15.1. The molecule has 0 radical (unpaired) electrons. The Morgan fingerprint density at radius 1 is 1.12 bits per heavy atom. The third-order valence-electron chi connectivity index (χ3n) is 3.27. The number of hydrogen-bond acceptors (Lipinski definition) is 9. The van der Waals surface area contributed by atoms with Crippen LogP contribution in [0.1, 0.15) is 27.7 Å². The molecule has 2 amide bonds. The molecule has 11 nitrogen and oxygen atoms in total. The number of carbonyl (C=O) groups is 3. The highest BCUT2D eigenvalue weighted by Crippen LogP contribution is 2.20. The molecule has 26 heavy (non-hydrogen) atoms. The van der Waals surface area contributed by atoms with Crippen molar-refractivity contribution in [3.05, 3.63) is 0 Å². The molecular formula is C15H26N2O9. The summed E-state index contributed by atoms with van der Waals surface area (Å²) < 4.78 is 14.9. The quantitative estimate of drug-likeness (QED) is 0.340. The van der Waals surface area contributed by atoms with Gasteiger partial charge in [-0.2, -0.15) is 0 Å². The smallest absolute Gasteiger partial charge is 0.408 e. The van der Waals surface area contributed by atoms with Crippen molar-refractivity contribution in [1.82, 2.24) is 10.6 Å². The van der Waals surface area contributed by atoms with E-state index in [1.165, 1.54) is 6.92 Å². The van der Waals surface area contributed by atoms with Crippen LogP contribution in [0.3, 0.4) is 0 Å². The Hall–Kier alpha value is -1.95. The van der Waals surface area contributed by atoms with Crippen LogP contribution in [-0.4, -0.2) is 82.7 Å². The third kappa shape index (κ3) is 7.12. The molecule has 150 valence electrons. The van der Waals surface area contributed by atoms with Gasteiger partial charge in [0.25, 0.3) is 0 Å². The van der Waals surface area contributed by atoms with E-state index in [9.17, 15) is 29.7 Å². The minimum absolute atomic E-state index is 0.475. The highest BCUT2D eigenvalue weighted by atomic mass is 16.6. The van der Waals surface area contributed by atoms with E-state index < -0.39 is 67.4 Å². The predicted octanol–water partition coefficient (Wildman–Crippen LogP) is -2.00. The maximum atomic E-state index is 11.6. The first-order valence-corrected chi connectivity index (χ1v) is 8.00. The summed E-state index contributed by atoms with van der Waals surface area (Å²) in [6, 6.07) is -1.22. The minimum Gasteiger partial charge on any atom is -0.461 e. The first kappa shape index (κ1) is 22.1. The van der Waals surface area contributed by atoms with Crippen LogP contribution in [0.5, 0.6) is 0 Å². The Morgan fingerprint density at radius 3 is 2.27 bits per heavy atom. The van der Waals surface area contributed by atoms with Gasteiger partial charge in [0, 0.05) is 6.92 Å². The number of carbonyl (C=O) groups excluding carboxylic acids is 3. The van der Waals surface area contributed by atoms with E-state index >= 15 is 0 Å². The summed E-state index contributed by atoms with van der Waals surface area (Å²) in [6.45, 7) is 5.22. The second kappa shape index (κ2) is 9.12. The number of hydrogen-bond donors (Lipinski definition) is 5. The van der Waals surface area contributed by atoms with Gasteiger partial charge in [0.05, 0.1) is 0 Å². The van der Waals surface area contributed by atoms with Crippen molar-refractivity contribution < 1.29 is 43.9 Å². The molecule has 1 rings (SSSR count). The van der Waals surface area contributed by atoms with Gasteiger partial charge in [-0.3, -0.25) is 9.59 Å². The van der Waals surface area contributed by atoms with E-state index in [2.05, 4.69) is 10.6 Å². The number of aliphatic hydroxyl groups excluding tert-OH is 3. The maximum Gasteiger partial charge on any atom is 0.408 e. The van der Waals surface area contributed by atoms with Crippen LogP contribution in [0.15, 0.2) is 0 Å². The predicted molar refractivity (Wildman–Crippen MR) is 85.7 cm³/mol. The van der Waals surface area contributed by atoms with Gasteiger partial charge in [0.2, 0.25) is 5.91 Å². The first-order chi connectivity index (χ1) is 11.9. The van der Waals surface area contributed by atoms with Crippen molar-refractivity contribution in [2.45, 2.75) is 63.9 Å². The van der Waals surface area contributed by atoms with Gasteiger partial charge in [0.15, 0.2) is 6.29 Å². The van der Waals surface area contributed by atoms with E-state index in [4.69, 9.17) is 14.2 Å². The topological polar surface area (TPSA) is 164 Å². The van der Waals surface area contributed by atoms with Gasteiger partial charge in [-0.05, 0) is 20.8 Å². The SMILES string of the molecule is CC(=O)N[C@H]1[C@@H](O)[C@H](O)[C@@H](COC(=O)CNC(=O)OC(C)(C)C)O[C@@H]1O. The lowest BCUT2D eigenvalue weighted by Crippen LogP contribution is -2.64. The van der Waals surface area contributed by atoms with Crippen molar-refractivity contribution in [3.63, 3.8) is 0 Å². The summed E-state index contributed by atoms with van der Waals surface area (Å²) in [5.74, 6) is -1.36. The average molecular weight is 378 g/mol. The highest BCUT2D eigenvalue weighted by Gasteiger charge is 2.44. The number of amides is 2. The Bertz CT molecular complexity index is 520. The van der Waals surface area contributed by atoms with Gasteiger partial charge >= 0.3 is 12.1 Å². The molecule has 0 aromatic rings. The van der Waals surface area contributed by atoms with Crippen LogP contribution in [0.25, 0.3) is 0 Å². The molecule has 1 fully saturated rings. The monoisotopic (exact) mass is 378 g/mol. The van der Waals surface area contributed by atoms with Gasteiger partial charge < -0.3 is 40.2 Å². The van der Waals surface area contributed by atoms with E-state index in [0.717, 1.165) is 0 Å². The number of esters is 1. The lowest BCUT2D eigenvalue weighted by atomic mass is 9.97. The zero-order chi connectivity index (χ0) is 20.1. The zero-order valence-electron chi connectivity index (χ0n) is 15.1. The van der Waals surface area contributed by atoms with E-state index in [-0.39, 0.29) is 0 Å². The van der Waals surface area contributed by atoms with Crippen molar-refractivity contribution in [2.24, 2.45) is 0 Å². The fourth-order valence-corrected chi connectivity index (χ4v) is 2.16. The molecule has 1 saturated heterocycles. The molecule has 1 aliphatic heterocycles. The second-order valence-electron chi connectivity index (χ2n) is 6.81. The largest absolute Gasteiger partial charge is 0.461 e. The number of ether oxygens (including phenoxy) is 3. The van der Waals surface area contributed by atoms with E-state index in [1.807, 2.05) is 0 Å². The van der Waals surface area contributed by atoms with Crippen LogP contribution in [0.4, 0.5) is 4.79 Å². The molecule has 5 atom stereocenters. The van der Waals surface area contributed by atoms with Gasteiger partial charge in [-0.1, -0.05) is 0 Å². The van der Waals surface area contributed by atoms with Crippen LogP contribution >= 0.6 is 0 Å². The number of nitrogens with one attached hydrogen (secondary N) is 2. The molecule has 0 unspecified atom stereocenters. The molecule has 1 heterocycles. The fourth-order valence-electron chi connectivity index (χ4n) is 2.16. The van der Waals surface area contributed by atoms with E-state index in [1.54, 1.807) is 20.8 Å². The minimum atomic E-state index is -1.60. The number of aliphatic hydroxyl groups is 3. The molecule has 11 heteroatoms.